The van der Waals surface area contributed by atoms with Crippen LogP contribution < -0.4 is 0 Å². The summed E-state index contributed by atoms with van der Waals surface area (Å²) < 4.78 is 0. The van der Waals surface area contributed by atoms with Crippen molar-refractivity contribution in [3.63, 3.8) is 0 Å². The van der Waals surface area contributed by atoms with E-state index in [2.05, 4.69) is 97.1 Å². The summed E-state index contributed by atoms with van der Waals surface area (Å²) in [6.07, 6.45) is 0. The maximum Gasteiger partial charge on any atom is 0.0837 e. The Balaban J connectivity index is 1.61. The fourth-order valence-corrected chi connectivity index (χ4v) is 5.74. The standard InChI is InChI=1S/C28H22O/c1-28(29,26-22-14-6-2-10-18(22)19-11-3-7-15-23(19)26)27-24-16-8-4-12-20(24)21-13-5-9-17-25(21)27/h2-17,26-27,29H,1H3. The molecule has 0 aromatic heterocycles. The summed E-state index contributed by atoms with van der Waals surface area (Å²) in [5, 5.41) is 12.3. The van der Waals surface area contributed by atoms with Crippen molar-refractivity contribution in [2.45, 2.75) is 24.4 Å². The summed E-state index contributed by atoms with van der Waals surface area (Å²) in [6.45, 7) is 2.03. The van der Waals surface area contributed by atoms with Crippen LogP contribution in [0.3, 0.4) is 0 Å². The second-order valence-corrected chi connectivity index (χ2v) is 8.44. The molecule has 6 rings (SSSR count). The number of fused-ring (bicyclic) bond motifs is 6. The average molecular weight is 374 g/mol. The monoisotopic (exact) mass is 374 g/mol. The maximum atomic E-state index is 12.3. The molecule has 1 N–H and O–H groups in total. The number of hydrogen-bond donors (Lipinski definition) is 1. The smallest absolute Gasteiger partial charge is 0.0837 e. The van der Waals surface area contributed by atoms with Gasteiger partial charge in [-0.1, -0.05) is 97.1 Å². The first-order valence-corrected chi connectivity index (χ1v) is 10.3. The zero-order valence-corrected chi connectivity index (χ0v) is 16.3. The predicted octanol–water partition coefficient (Wildman–Crippen LogP) is 6.36. The van der Waals surface area contributed by atoms with Gasteiger partial charge in [0.15, 0.2) is 0 Å². The van der Waals surface area contributed by atoms with Gasteiger partial charge in [0.2, 0.25) is 0 Å². The molecule has 4 aromatic carbocycles. The lowest BCUT2D eigenvalue weighted by molar-refractivity contribution is 0.0284. The first-order chi connectivity index (χ1) is 14.2. The van der Waals surface area contributed by atoms with Crippen LogP contribution in [-0.2, 0) is 0 Å². The second-order valence-electron chi connectivity index (χ2n) is 8.44. The minimum atomic E-state index is -0.967. The van der Waals surface area contributed by atoms with E-state index in [9.17, 15) is 5.11 Å². The zero-order valence-electron chi connectivity index (χ0n) is 16.3. The molecule has 1 nitrogen and oxygen atoms in total. The molecule has 0 radical (unpaired) electrons. The molecule has 0 aliphatic heterocycles. The van der Waals surface area contributed by atoms with Gasteiger partial charge in [-0.25, -0.2) is 0 Å². The largest absolute Gasteiger partial charge is 0.388 e. The molecule has 0 atom stereocenters. The van der Waals surface area contributed by atoms with Crippen LogP contribution >= 0.6 is 0 Å². The molecule has 4 aromatic rings. The molecular weight excluding hydrogens is 352 g/mol. The Kier molecular flexibility index (Phi) is 3.42. The lowest BCUT2D eigenvalue weighted by atomic mass is 9.70. The van der Waals surface area contributed by atoms with Gasteiger partial charge in [-0.2, -0.15) is 0 Å². The zero-order chi connectivity index (χ0) is 19.6. The molecule has 140 valence electrons. The van der Waals surface area contributed by atoms with Crippen LogP contribution in [0.1, 0.15) is 41.0 Å². The lowest BCUT2D eigenvalue weighted by Gasteiger charge is -2.38. The molecule has 0 spiro atoms. The lowest BCUT2D eigenvalue weighted by Crippen LogP contribution is -2.39. The van der Waals surface area contributed by atoms with E-state index in [-0.39, 0.29) is 11.8 Å². The molecule has 0 fully saturated rings. The van der Waals surface area contributed by atoms with Crippen molar-refractivity contribution in [3.8, 4) is 22.3 Å². The fourth-order valence-electron chi connectivity index (χ4n) is 5.74. The van der Waals surface area contributed by atoms with Gasteiger partial charge in [0.25, 0.3) is 0 Å². The summed E-state index contributed by atoms with van der Waals surface area (Å²) in [6, 6.07) is 34.2. The number of benzene rings is 4. The normalized spacial score (nSPS) is 15.0. The number of hydrogen-bond acceptors (Lipinski definition) is 1. The predicted molar refractivity (Wildman–Crippen MR) is 118 cm³/mol. The van der Waals surface area contributed by atoms with Crippen molar-refractivity contribution < 1.29 is 5.11 Å². The second kappa shape index (κ2) is 5.92. The van der Waals surface area contributed by atoms with E-state index in [0.29, 0.717) is 0 Å². The molecule has 1 heteroatoms. The van der Waals surface area contributed by atoms with Crippen LogP contribution in [0.4, 0.5) is 0 Å². The summed E-state index contributed by atoms with van der Waals surface area (Å²) in [4.78, 5) is 0. The quantitative estimate of drug-likeness (QED) is 0.433. The summed E-state index contributed by atoms with van der Waals surface area (Å²) >= 11 is 0. The molecule has 0 amide bonds. The SMILES string of the molecule is CC(O)(C1c2ccccc2-c2ccccc21)C1c2ccccc2-c2ccccc21. The third kappa shape index (κ3) is 2.19. The maximum absolute atomic E-state index is 12.3. The highest BCUT2D eigenvalue weighted by Gasteiger charge is 2.49. The Bertz CT molecular complexity index is 1060. The Morgan fingerprint density at radius 1 is 0.483 bits per heavy atom. The van der Waals surface area contributed by atoms with E-state index in [1.54, 1.807) is 0 Å². The van der Waals surface area contributed by atoms with Gasteiger partial charge < -0.3 is 5.11 Å². The van der Waals surface area contributed by atoms with Crippen LogP contribution in [-0.4, -0.2) is 10.7 Å². The van der Waals surface area contributed by atoms with Gasteiger partial charge in [-0.15, -0.1) is 0 Å². The van der Waals surface area contributed by atoms with E-state index in [1.165, 1.54) is 44.5 Å². The number of aliphatic hydroxyl groups is 1. The Morgan fingerprint density at radius 2 is 0.724 bits per heavy atom. The van der Waals surface area contributed by atoms with Crippen LogP contribution in [0.2, 0.25) is 0 Å². The Hall–Kier alpha value is -3.16. The molecular formula is C28H22O. The molecule has 0 saturated carbocycles. The van der Waals surface area contributed by atoms with E-state index < -0.39 is 5.60 Å². The molecule has 0 saturated heterocycles. The van der Waals surface area contributed by atoms with E-state index in [0.717, 1.165) is 0 Å². The Morgan fingerprint density at radius 3 is 1.00 bits per heavy atom. The van der Waals surface area contributed by atoms with Crippen molar-refractivity contribution >= 4 is 0 Å². The van der Waals surface area contributed by atoms with Crippen LogP contribution in [0, 0.1) is 0 Å². The summed E-state index contributed by atoms with van der Waals surface area (Å²) in [7, 11) is 0. The van der Waals surface area contributed by atoms with Gasteiger partial charge in [-0.3, -0.25) is 0 Å². The molecule has 0 bridgehead atoms. The van der Waals surface area contributed by atoms with Crippen molar-refractivity contribution in [1.82, 2.24) is 0 Å². The molecule has 0 unspecified atom stereocenters. The summed E-state index contributed by atoms with van der Waals surface area (Å²) in [5.74, 6) is -0.141. The Labute approximate surface area is 171 Å². The van der Waals surface area contributed by atoms with E-state index in [4.69, 9.17) is 0 Å². The number of rotatable bonds is 2. The average Bonchev–Trinajstić information content (AvgIpc) is 3.28. The third-order valence-electron chi connectivity index (χ3n) is 6.84. The first-order valence-electron chi connectivity index (χ1n) is 10.3. The van der Waals surface area contributed by atoms with Crippen molar-refractivity contribution in [1.29, 1.82) is 0 Å². The van der Waals surface area contributed by atoms with Gasteiger partial charge in [0.05, 0.1) is 5.60 Å². The van der Waals surface area contributed by atoms with Crippen molar-refractivity contribution in [2.75, 3.05) is 0 Å². The van der Waals surface area contributed by atoms with Crippen LogP contribution in [0.25, 0.3) is 22.3 Å². The van der Waals surface area contributed by atoms with E-state index in [1.807, 2.05) is 6.92 Å². The van der Waals surface area contributed by atoms with E-state index >= 15 is 0 Å². The molecule has 0 heterocycles. The van der Waals surface area contributed by atoms with Gasteiger partial charge in [-0.05, 0) is 51.4 Å². The highest BCUT2D eigenvalue weighted by molar-refractivity contribution is 5.82. The summed E-state index contributed by atoms with van der Waals surface area (Å²) in [5.41, 5.74) is 8.90. The van der Waals surface area contributed by atoms with Crippen LogP contribution in [0.15, 0.2) is 97.1 Å². The molecule has 2 aliphatic rings. The highest BCUT2D eigenvalue weighted by atomic mass is 16.3. The van der Waals surface area contributed by atoms with Gasteiger partial charge in [0, 0.05) is 11.8 Å². The van der Waals surface area contributed by atoms with Crippen molar-refractivity contribution in [3.05, 3.63) is 119 Å². The van der Waals surface area contributed by atoms with Gasteiger partial charge in [0.1, 0.15) is 0 Å². The fraction of sp³-hybridized carbons (Fsp3) is 0.143. The highest BCUT2D eigenvalue weighted by Crippen LogP contribution is 2.58. The topological polar surface area (TPSA) is 20.2 Å². The first kappa shape index (κ1) is 16.8. The van der Waals surface area contributed by atoms with Crippen molar-refractivity contribution in [2.24, 2.45) is 0 Å². The minimum absolute atomic E-state index is 0.0703. The molecule has 2 aliphatic carbocycles. The third-order valence-corrected chi connectivity index (χ3v) is 6.84. The minimum Gasteiger partial charge on any atom is -0.388 e. The van der Waals surface area contributed by atoms with Gasteiger partial charge >= 0.3 is 0 Å². The molecule has 29 heavy (non-hydrogen) atoms. The van der Waals surface area contributed by atoms with Crippen LogP contribution in [0.5, 0.6) is 0 Å².